The molecule has 1 aliphatic rings. The number of aromatic nitrogens is 2. The van der Waals surface area contributed by atoms with E-state index in [9.17, 15) is 19.8 Å². The van der Waals surface area contributed by atoms with Crippen LogP contribution in [0.1, 0.15) is 26.5 Å². The standard InChI is InChI=1S/C19H24N3O7PS/c1-3-19(26)16(24)14(28-17(19)22-11-10-15(23)21-18(22)25)12-27-30(31,20-4-2)29-13-8-6-5-7-9-13/h5-11,17,24,26H,3-4,12H2,1-2H3,(H,20,31)(H,21,23,25)/t17-,19-,30?/m1/s1. The fraction of sp³-hybridized carbons (Fsp3) is 0.368. The molecule has 0 bridgehead atoms. The van der Waals surface area contributed by atoms with Crippen molar-refractivity contribution in [3.05, 3.63) is 75.0 Å². The van der Waals surface area contributed by atoms with Crippen LogP contribution in [-0.4, -0.2) is 38.5 Å². The van der Waals surface area contributed by atoms with Gasteiger partial charge in [-0.1, -0.05) is 32.0 Å². The Morgan fingerprint density at radius 1 is 1.29 bits per heavy atom. The Bertz CT molecular complexity index is 1120. The summed E-state index contributed by atoms with van der Waals surface area (Å²) in [7, 11) is 0. The Kier molecular flexibility index (Phi) is 7.03. The second kappa shape index (κ2) is 9.37. The Balaban J connectivity index is 1.83. The maximum Gasteiger partial charge on any atom is 0.331 e. The average molecular weight is 469 g/mol. The van der Waals surface area contributed by atoms with Crippen LogP contribution in [0.5, 0.6) is 5.75 Å². The highest BCUT2D eigenvalue weighted by Gasteiger charge is 2.51. The van der Waals surface area contributed by atoms with Gasteiger partial charge in [0.1, 0.15) is 12.4 Å². The molecule has 0 radical (unpaired) electrons. The predicted octanol–water partition coefficient (Wildman–Crippen LogP) is 1.91. The summed E-state index contributed by atoms with van der Waals surface area (Å²) < 4.78 is 18.3. The molecule has 3 rings (SSSR count). The van der Waals surface area contributed by atoms with Crippen molar-refractivity contribution in [3.63, 3.8) is 0 Å². The lowest BCUT2D eigenvalue weighted by Gasteiger charge is -2.28. The second-order valence-electron chi connectivity index (χ2n) is 6.72. The Morgan fingerprint density at radius 3 is 2.61 bits per heavy atom. The molecule has 31 heavy (non-hydrogen) atoms. The molecule has 1 aliphatic heterocycles. The number of aromatic amines is 1. The van der Waals surface area contributed by atoms with Gasteiger partial charge in [-0.25, -0.2) is 9.88 Å². The summed E-state index contributed by atoms with van der Waals surface area (Å²) >= 11 is 5.54. The van der Waals surface area contributed by atoms with E-state index in [2.05, 4.69) is 10.1 Å². The van der Waals surface area contributed by atoms with Crippen molar-refractivity contribution in [1.82, 2.24) is 14.6 Å². The van der Waals surface area contributed by atoms with Gasteiger partial charge in [-0.2, -0.15) is 0 Å². The zero-order valence-corrected chi connectivity index (χ0v) is 18.7. The van der Waals surface area contributed by atoms with Crippen LogP contribution >= 0.6 is 6.64 Å². The Hall–Kier alpha value is -2.43. The van der Waals surface area contributed by atoms with E-state index in [1.165, 1.54) is 6.20 Å². The molecule has 12 heteroatoms. The number of hydrogen-bond acceptors (Lipinski definition) is 8. The molecule has 0 saturated heterocycles. The zero-order chi connectivity index (χ0) is 22.6. The second-order valence-corrected chi connectivity index (χ2v) is 9.92. The highest BCUT2D eigenvalue weighted by molar-refractivity contribution is 8.09. The van der Waals surface area contributed by atoms with Gasteiger partial charge in [0.05, 0.1) is 0 Å². The van der Waals surface area contributed by atoms with Gasteiger partial charge < -0.3 is 24.0 Å². The molecule has 0 saturated carbocycles. The number of aliphatic hydroxyl groups excluding tert-OH is 1. The third-order valence-electron chi connectivity index (χ3n) is 4.67. The van der Waals surface area contributed by atoms with E-state index < -0.39 is 35.5 Å². The first-order chi connectivity index (χ1) is 14.7. The van der Waals surface area contributed by atoms with Gasteiger partial charge in [-0.05, 0) is 30.4 Å². The summed E-state index contributed by atoms with van der Waals surface area (Å²) in [6, 6.07) is 10.0. The molecule has 0 amide bonds. The number of nitrogens with one attached hydrogen (secondary N) is 2. The maximum absolute atomic E-state index is 12.2. The molecule has 4 N–H and O–H groups in total. The number of para-hydroxylation sites is 1. The molecule has 1 aromatic heterocycles. The highest BCUT2D eigenvalue weighted by Crippen LogP contribution is 2.47. The van der Waals surface area contributed by atoms with Crippen LogP contribution in [0.15, 0.2) is 63.7 Å². The van der Waals surface area contributed by atoms with Crippen molar-refractivity contribution in [2.24, 2.45) is 0 Å². The molecular formula is C19H24N3O7PS. The summed E-state index contributed by atoms with van der Waals surface area (Å²) in [4.78, 5) is 25.6. The third kappa shape index (κ3) is 4.91. The van der Waals surface area contributed by atoms with Crippen LogP contribution in [0.2, 0.25) is 0 Å². The smallest absolute Gasteiger partial charge is 0.331 e. The number of aliphatic hydroxyl groups is 2. The van der Waals surface area contributed by atoms with E-state index in [-0.39, 0.29) is 18.8 Å². The monoisotopic (exact) mass is 469 g/mol. The number of ether oxygens (including phenoxy) is 1. The fourth-order valence-electron chi connectivity index (χ4n) is 3.05. The molecular weight excluding hydrogens is 445 g/mol. The van der Waals surface area contributed by atoms with Crippen LogP contribution in [0, 0.1) is 0 Å². The van der Waals surface area contributed by atoms with Gasteiger partial charge in [0, 0.05) is 18.8 Å². The fourth-order valence-corrected chi connectivity index (χ4v) is 5.14. The van der Waals surface area contributed by atoms with Gasteiger partial charge in [-0.15, -0.1) is 0 Å². The first-order valence-electron chi connectivity index (χ1n) is 9.60. The molecule has 0 fully saturated rings. The minimum atomic E-state index is -3.02. The number of hydrogen-bond donors (Lipinski definition) is 4. The minimum Gasteiger partial charge on any atom is -0.506 e. The van der Waals surface area contributed by atoms with E-state index in [1.54, 1.807) is 31.2 Å². The molecule has 168 valence electrons. The van der Waals surface area contributed by atoms with Gasteiger partial charge in [0.15, 0.2) is 17.1 Å². The van der Waals surface area contributed by atoms with Crippen molar-refractivity contribution in [3.8, 4) is 5.75 Å². The number of benzene rings is 1. The van der Waals surface area contributed by atoms with Crippen molar-refractivity contribution in [2.75, 3.05) is 13.2 Å². The summed E-state index contributed by atoms with van der Waals surface area (Å²) in [5.41, 5.74) is -3.28. The lowest BCUT2D eigenvalue weighted by atomic mass is 9.97. The number of H-pyrrole nitrogens is 1. The highest BCUT2D eigenvalue weighted by atomic mass is 32.5. The molecule has 2 aromatic rings. The third-order valence-corrected chi connectivity index (χ3v) is 7.22. The van der Waals surface area contributed by atoms with Crippen molar-refractivity contribution in [2.45, 2.75) is 32.1 Å². The van der Waals surface area contributed by atoms with Gasteiger partial charge in [-0.3, -0.25) is 14.3 Å². The maximum atomic E-state index is 12.2. The molecule has 0 aliphatic carbocycles. The van der Waals surface area contributed by atoms with Crippen molar-refractivity contribution < 1.29 is 24.0 Å². The van der Waals surface area contributed by atoms with Gasteiger partial charge in [0.2, 0.25) is 6.23 Å². The van der Waals surface area contributed by atoms with Gasteiger partial charge in [0.25, 0.3) is 5.56 Å². The van der Waals surface area contributed by atoms with E-state index in [0.29, 0.717) is 12.3 Å². The Morgan fingerprint density at radius 2 is 2.00 bits per heavy atom. The first-order valence-corrected chi connectivity index (χ1v) is 12.2. The first kappa shape index (κ1) is 23.2. The zero-order valence-electron chi connectivity index (χ0n) is 17.0. The van der Waals surface area contributed by atoms with Crippen molar-refractivity contribution >= 4 is 18.4 Å². The van der Waals surface area contributed by atoms with E-state index in [0.717, 1.165) is 10.6 Å². The predicted molar refractivity (Wildman–Crippen MR) is 117 cm³/mol. The van der Waals surface area contributed by atoms with Crippen LogP contribution < -0.4 is 20.9 Å². The SMILES string of the molecule is CCNP(=S)(OCC1=C(O)[C@](O)(CC)[C@H](n2ccc(=O)[nH]c2=O)O1)Oc1ccccc1. The molecule has 10 nitrogen and oxygen atoms in total. The van der Waals surface area contributed by atoms with Crippen LogP contribution in [0.3, 0.4) is 0 Å². The molecule has 3 atom stereocenters. The lowest BCUT2D eigenvalue weighted by molar-refractivity contribution is -0.0911. The summed E-state index contributed by atoms with van der Waals surface area (Å²) in [5, 5.41) is 24.7. The van der Waals surface area contributed by atoms with Crippen molar-refractivity contribution in [1.29, 1.82) is 0 Å². The quantitative estimate of drug-likeness (QED) is 0.406. The minimum absolute atomic E-state index is 0.0282. The van der Waals surface area contributed by atoms with Crippen LogP contribution in [0.25, 0.3) is 0 Å². The molecule has 1 aromatic carbocycles. The van der Waals surface area contributed by atoms with Crippen LogP contribution in [0.4, 0.5) is 0 Å². The Labute approximate surface area is 183 Å². The van der Waals surface area contributed by atoms with E-state index in [1.807, 2.05) is 13.0 Å². The number of nitrogens with zero attached hydrogens (tertiary/aromatic N) is 1. The summed E-state index contributed by atoms with van der Waals surface area (Å²) in [6.45, 7) is 0.616. The van der Waals surface area contributed by atoms with Crippen LogP contribution in [-0.2, 0) is 21.1 Å². The van der Waals surface area contributed by atoms with Gasteiger partial charge >= 0.3 is 12.3 Å². The topological polar surface area (TPSA) is 135 Å². The normalized spacial score (nSPS) is 22.7. The molecule has 0 spiro atoms. The average Bonchev–Trinajstić information content (AvgIpc) is 2.99. The lowest BCUT2D eigenvalue weighted by Crippen LogP contribution is -2.43. The number of rotatable bonds is 9. The summed E-state index contributed by atoms with van der Waals surface area (Å²) in [6.07, 6.45) is -0.0848. The molecule has 1 unspecified atom stereocenters. The van der Waals surface area contributed by atoms with E-state index in [4.69, 9.17) is 25.6 Å². The largest absolute Gasteiger partial charge is 0.506 e. The van der Waals surface area contributed by atoms with E-state index >= 15 is 0 Å². The molecule has 2 heterocycles. The summed E-state index contributed by atoms with van der Waals surface area (Å²) in [5.74, 6) is -0.0489.